The molecule has 0 N–H and O–H groups in total. The Morgan fingerprint density at radius 2 is 2.00 bits per heavy atom. The molecule has 0 heterocycles. The fourth-order valence-corrected chi connectivity index (χ4v) is 0.599. The number of hydrogen-bond acceptors (Lipinski definition) is 0. The van der Waals surface area contributed by atoms with Crippen LogP contribution in [-0.4, -0.2) is 6.18 Å². The van der Waals surface area contributed by atoms with Crippen LogP contribution in [0.15, 0.2) is 17.7 Å². The van der Waals surface area contributed by atoms with E-state index in [4.69, 9.17) is 0 Å². The largest absolute Gasteiger partial charge is 1.00 e. The first-order chi connectivity index (χ1) is 4.11. The van der Waals surface area contributed by atoms with E-state index in [9.17, 15) is 13.2 Å². The summed E-state index contributed by atoms with van der Waals surface area (Å²) in [4.78, 5) is 0. The summed E-state index contributed by atoms with van der Waals surface area (Å²) >= 11 is 0. The average Bonchev–Trinajstić information content (AvgIpc) is 2.08. The molecule has 0 spiro atoms. The summed E-state index contributed by atoms with van der Waals surface area (Å²) in [5.74, 6) is 0. The second-order valence-electron chi connectivity index (χ2n) is 1.69. The minimum absolute atomic E-state index is 0. The molecule has 0 aromatic carbocycles. The van der Waals surface area contributed by atoms with Crippen LogP contribution in [0.4, 0.5) is 13.2 Å². The van der Waals surface area contributed by atoms with Crippen LogP contribution in [0.1, 0.15) is 6.42 Å². The van der Waals surface area contributed by atoms with E-state index in [0.29, 0.717) is 0 Å². The summed E-state index contributed by atoms with van der Waals surface area (Å²) in [5.41, 5.74) is -0.650. The molecule has 0 nitrogen and oxygen atoms in total. The average molecular weight is 156 g/mol. The number of hydrogen-bond donors (Lipinski definition) is 0. The minimum atomic E-state index is -4.20. The molecular formula is C6H4F3Na. The van der Waals surface area contributed by atoms with Crippen LogP contribution in [0.5, 0.6) is 0 Å². The molecule has 0 unspecified atom stereocenters. The number of rotatable bonds is 0. The monoisotopic (exact) mass is 156 g/mol. The standard InChI is InChI=1S/C6H4F3.Na/c7-6(8,9)5-3-1-2-4-5;/h1,3H,2H2;/q-1;+1. The van der Waals surface area contributed by atoms with Crippen LogP contribution in [0.25, 0.3) is 0 Å². The van der Waals surface area contributed by atoms with Crippen molar-refractivity contribution >= 4 is 0 Å². The molecule has 50 valence electrons. The molecule has 0 saturated carbocycles. The summed E-state index contributed by atoms with van der Waals surface area (Å²) < 4.78 is 34.8. The van der Waals surface area contributed by atoms with Crippen LogP contribution in [0, 0.1) is 6.08 Å². The van der Waals surface area contributed by atoms with Crippen molar-refractivity contribution in [2.75, 3.05) is 0 Å². The van der Waals surface area contributed by atoms with E-state index < -0.39 is 11.7 Å². The summed E-state index contributed by atoms with van der Waals surface area (Å²) in [5, 5.41) is 0. The first kappa shape index (κ1) is 10.3. The van der Waals surface area contributed by atoms with E-state index >= 15 is 0 Å². The summed E-state index contributed by atoms with van der Waals surface area (Å²) in [6.45, 7) is 0. The van der Waals surface area contributed by atoms with Gasteiger partial charge in [0.15, 0.2) is 0 Å². The summed E-state index contributed by atoms with van der Waals surface area (Å²) in [7, 11) is 0. The van der Waals surface area contributed by atoms with Gasteiger partial charge in [-0.05, 0) is 0 Å². The molecule has 0 bridgehead atoms. The first-order valence-electron chi connectivity index (χ1n) is 2.45. The molecule has 0 amide bonds. The van der Waals surface area contributed by atoms with Gasteiger partial charge < -0.3 is 0 Å². The predicted molar refractivity (Wildman–Crippen MR) is 26.6 cm³/mol. The number of allylic oxidation sites excluding steroid dienone is 4. The van der Waals surface area contributed by atoms with Crippen molar-refractivity contribution in [3.05, 3.63) is 23.8 Å². The quantitative estimate of drug-likeness (QED) is 0.319. The zero-order chi connectivity index (χ0) is 6.91. The van der Waals surface area contributed by atoms with Crippen LogP contribution in [0.3, 0.4) is 0 Å². The van der Waals surface area contributed by atoms with Gasteiger partial charge in [0.1, 0.15) is 0 Å². The Morgan fingerprint density at radius 3 is 2.20 bits per heavy atom. The number of alkyl halides is 3. The third kappa shape index (κ3) is 2.48. The van der Waals surface area contributed by atoms with E-state index in [1.165, 1.54) is 6.08 Å². The Labute approximate surface area is 79.1 Å². The molecule has 0 aromatic heterocycles. The molecule has 10 heavy (non-hydrogen) atoms. The first-order valence-corrected chi connectivity index (χ1v) is 2.45. The van der Waals surface area contributed by atoms with Crippen LogP contribution in [-0.2, 0) is 0 Å². The smallest absolute Gasteiger partial charge is 0.261 e. The minimum Gasteiger partial charge on any atom is -0.261 e. The molecular weight excluding hydrogens is 152 g/mol. The Morgan fingerprint density at radius 1 is 1.40 bits per heavy atom. The fourth-order valence-electron chi connectivity index (χ4n) is 0.599. The van der Waals surface area contributed by atoms with Crippen LogP contribution in [0.2, 0.25) is 0 Å². The second-order valence-corrected chi connectivity index (χ2v) is 1.69. The van der Waals surface area contributed by atoms with Gasteiger partial charge in [-0.25, -0.2) is 6.08 Å². The van der Waals surface area contributed by atoms with E-state index in [2.05, 4.69) is 6.08 Å². The molecule has 0 fully saturated rings. The Kier molecular flexibility index (Phi) is 3.70. The van der Waals surface area contributed by atoms with Gasteiger partial charge in [-0.2, -0.15) is 19.2 Å². The normalized spacial score (nSPS) is 16.5. The number of halogens is 3. The Bertz CT molecular complexity index is 166. The van der Waals surface area contributed by atoms with Gasteiger partial charge in [0.05, 0.1) is 0 Å². The van der Waals surface area contributed by atoms with Gasteiger partial charge in [0.2, 0.25) is 0 Å². The molecule has 0 aromatic rings. The molecule has 1 aliphatic rings. The maximum absolute atomic E-state index is 11.6. The van der Waals surface area contributed by atoms with Crippen molar-refractivity contribution in [1.29, 1.82) is 0 Å². The van der Waals surface area contributed by atoms with Gasteiger partial charge in [-0.15, -0.1) is 12.0 Å². The van der Waals surface area contributed by atoms with Gasteiger partial charge in [-0.1, -0.05) is 0 Å². The molecule has 0 aliphatic heterocycles. The van der Waals surface area contributed by atoms with Crippen LogP contribution >= 0.6 is 0 Å². The zero-order valence-electron chi connectivity index (χ0n) is 5.50. The molecule has 0 saturated heterocycles. The molecule has 0 radical (unpaired) electrons. The molecule has 4 heteroatoms. The van der Waals surface area contributed by atoms with Gasteiger partial charge in [0, 0.05) is 0 Å². The van der Waals surface area contributed by atoms with Crippen LogP contribution < -0.4 is 29.6 Å². The predicted octanol–water partition coefficient (Wildman–Crippen LogP) is -0.758. The summed E-state index contributed by atoms with van der Waals surface area (Å²) in [6.07, 6.45) is 0.737. The maximum Gasteiger partial charge on any atom is 1.00 e. The van der Waals surface area contributed by atoms with Crippen molar-refractivity contribution in [2.45, 2.75) is 12.6 Å². The zero-order valence-corrected chi connectivity index (χ0v) is 7.50. The molecule has 1 aliphatic carbocycles. The van der Waals surface area contributed by atoms with E-state index in [-0.39, 0.29) is 36.0 Å². The second kappa shape index (κ2) is 3.60. The van der Waals surface area contributed by atoms with Gasteiger partial charge in [-0.3, -0.25) is 6.08 Å². The van der Waals surface area contributed by atoms with Crippen molar-refractivity contribution in [3.8, 4) is 0 Å². The summed E-state index contributed by atoms with van der Waals surface area (Å²) in [6, 6.07) is 0. The molecule has 0 atom stereocenters. The van der Waals surface area contributed by atoms with E-state index in [1.54, 1.807) is 0 Å². The van der Waals surface area contributed by atoms with E-state index in [1.807, 2.05) is 0 Å². The van der Waals surface area contributed by atoms with Gasteiger partial charge >= 0.3 is 35.7 Å². The van der Waals surface area contributed by atoms with Crippen molar-refractivity contribution in [3.63, 3.8) is 0 Å². The Hall–Kier alpha value is 0.270. The fraction of sp³-hybridized carbons (Fsp3) is 0.333. The third-order valence-electron chi connectivity index (χ3n) is 1.00. The maximum atomic E-state index is 11.6. The van der Waals surface area contributed by atoms with Crippen molar-refractivity contribution in [2.24, 2.45) is 0 Å². The van der Waals surface area contributed by atoms with Gasteiger partial charge in [0.25, 0.3) is 0 Å². The van der Waals surface area contributed by atoms with Crippen molar-refractivity contribution in [1.82, 2.24) is 0 Å². The van der Waals surface area contributed by atoms with E-state index in [0.717, 1.165) is 6.08 Å². The third-order valence-corrected chi connectivity index (χ3v) is 1.00. The topological polar surface area (TPSA) is 0 Å². The Balaban J connectivity index is 0.000000810. The van der Waals surface area contributed by atoms with Crippen molar-refractivity contribution < 1.29 is 42.7 Å². The molecule has 1 rings (SSSR count). The SMILES string of the molecule is FC(F)(F)C1=[C-]CC=C1.[Na+].